The van der Waals surface area contributed by atoms with Gasteiger partial charge in [-0.3, -0.25) is 0 Å². The maximum atomic E-state index is 5.91. The molecule has 0 fully saturated rings. The molecule has 0 spiro atoms. The van der Waals surface area contributed by atoms with Crippen molar-refractivity contribution < 1.29 is 0 Å². The fourth-order valence-electron chi connectivity index (χ4n) is 1.47. The van der Waals surface area contributed by atoms with Gasteiger partial charge in [-0.15, -0.1) is 20.1 Å². The van der Waals surface area contributed by atoms with Crippen LogP contribution in [0.2, 0.25) is 5.02 Å². The molecule has 1 aromatic carbocycles. The first-order valence-electron chi connectivity index (χ1n) is 4.93. The van der Waals surface area contributed by atoms with Crippen LogP contribution in [0.1, 0.15) is 5.69 Å². The van der Waals surface area contributed by atoms with E-state index in [0.29, 0.717) is 16.5 Å². The standard InChI is InChI=1S/C10H7ClN6/c1-6-9-10(13-12-6)14-16-17(15-9)8-4-2-3-7(11)5-8/h2-5H,1H3. The molecule has 0 aromatic heterocycles. The zero-order chi connectivity index (χ0) is 11.8. The molecule has 0 bridgehead atoms. The summed E-state index contributed by atoms with van der Waals surface area (Å²) in [5.41, 5.74) is 2.11. The molecule has 0 saturated heterocycles. The van der Waals surface area contributed by atoms with E-state index in [-0.39, 0.29) is 0 Å². The number of fused-ring (bicyclic) bond motifs is 1. The van der Waals surface area contributed by atoms with Crippen molar-refractivity contribution in [2.24, 2.45) is 0 Å². The molecule has 7 heteroatoms. The zero-order valence-corrected chi connectivity index (χ0v) is 9.63. The molecule has 2 aliphatic heterocycles. The molecular weight excluding hydrogens is 240 g/mol. The third-order valence-corrected chi connectivity index (χ3v) is 2.54. The first-order valence-corrected chi connectivity index (χ1v) is 5.31. The zero-order valence-electron chi connectivity index (χ0n) is 8.87. The van der Waals surface area contributed by atoms with E-state index in [2.05, 4.69) is 25.6 Å². The third-order valence-electron chi connectivity index (χ3n) is 2.31. The molecule has 84 valence electrons. The van der Waals surface area contributed by atoms with Crippen molar-refractivity contribution >= 4 is 11.6 Å². The molecule has 2 heterocycles. The summed E-state index contributed by atoms with van der Waals surface area (Å²) >= 11 is 5.91. The van der Waals surface area contributed by atoms with E-state index >= 15 is 0 Å². The number of halogens is 1. The summed E-state index contributed by atoms with van der Waals surface area (Å²) in [4.78, 5) is 1.41. The van der Waals surface area contributed by atoms with Crippen LogP contribution in [0.4, 0.5) is 0 Å². The maximum absolute atomic E-state index is 5.91. The Morgan fingerprint density at radius 1 is 1.18 bits per heavy atom. The average Bonchev–Trinajstić information content (AvgIpc) is 2.71. The van der Waals surface area contributed by atoms with E-state index in [0.717, 1.165) is 11.4 Å². The van der Waals surface area contributed by atoms with Crippen molar-refractivity contribution in [1.82, 2.24) is 30.4 Å². The van der Waals surface area contributed by atoms with Crippen LogP contribution in [0.3, 0.4) is 0 Å². The molecule has 0 saturated carbocycles. The normalized spacial score (nSPS) is 10.9. The van der Waals surface area contributed by atoms with Crippen molar-refractivity contribution in [3.8, 4) is 17.2 Å². The van der Waals surface area contributed by atoms with Gasteiger partial charge in [0.1, 0.15) is 0 Å². The Kier molecular flexibility index (Phi) is 2.22. The molecule has 2 aliphatic rings. The molecular formula is C10H7ClN6. The summed E-state index contributed by atoms with van der Waals surface area (Å²) in [6, 6.07) is 7.22. The van der Waals surface area contributed by atoms with Crippen molar-refractivity contribution in [3.63, 3.8) is 0 Å². The number of aromatic nitrogens is 6. The Bertz CT molecular complexity index is 649. The lowest BCUT2D eigenvalue weighted by Gasteiger charge is -2.04. The van der Waals surface area contributed by atoms with E-state index < -0.39 is 0 Å². The lowest BCUT2D eigenvalue weighted by molar-refractivity contribution is 0.636. The number of rotatable bonds is 1. The highest BCUT2D eigenvalue weighted by Crippen LogP contribution is 2.17. The number of benzene rings is 1. The van der Waals surface area contributed by atoms with Crippen LogP contribution in [0.25, 0.3) is 17.2 Å². The second-order valence-corrected chi connectivity index (χ2v) is 3.95. The van der Waals surface area contributed by atoms with Gasteiger partial charge in [0.25, 0.3) is 0 Å². The van der Waals surface area contributed by atoms with Gasteiger partial charge in [0, 0.05) is 5.02 Å². The Morgan fingerprint density at radius 2 is 2.06 bits per heavy atom. The van der Waals surface area contributed by atoms with E-state index in [1.54, 1.807) is 12.1 Å². The lowest BCUT2D eigenvalue weighted by atomic mass is 10.3. The maximum Gasteiger partial charge on any atom is 0.227 e. The van der Waals surface area contributed by atoms with Gasteiger partial charge in [-0.1, -0.05) is 17.7 Å². The first-order chi connectivity index (χ1) is 8.24. The summed E-state index contributed by atoms with van der Waals surface area (Å²) in [6.07, 6.45) is 0. The second-order valence-electron chi connectivity index (χ2n) is 3.52. The second kappa shape index (κ2) is 3.74. The highest BCUT2D eigenvalue weighted by Gasteiger charge is 2.15. The third kappa shape index (κ3) is 1.72. The Labute approximate surface area is 102 Å². The smallest absolute Gasteiger partial charge is 0.151 e. The van der Waals surface area contributed by atoms with Crippen LogP contribution < -0.4 is 0 Å². The SMILES string of the molecule is Cc1nnc2nnn(-c3cccc(Cl)c3)nc1-2. The van der Waals surface area contributed by atoms with Gasteiger partial charge in [0.2, 0.25) is 5.82 Å². The molecule has 1 aromatic rings. The summed E-state index contributed by atoms with van der Waals surface area (Å²) in [5, 5.41) is 20.5. The molecule has 6 nitrogen and oxygen atoms in total. The van der Waals surface area contributed by atoms with Crippen LogP contribution in [-0.4, -0.2) is 30.4 Å². The van der Waals surface area contributed by atoms with Crippen molar-refractivity contribution in [2.75, 3.05) is 0 Å². The molecule has 0 aliphatic carbocycles. The molecule has 0 radical (unpaired) electrons. The summed E-state index contributed by atoms with van der Waals surface area (Å²) in [6.45, 7) is 1.83. The fraction of sp³-hybridized carbons (Fsp3) is 0.100. The minimum absolute atomic E-state index is 0.445. The summed E-state index contributed by atoms with van der Waals surface area (Å²) in [5.74, 6) is 0.445. The highest BCUT2D eigenvalue weighted by atomic mass is 35.5. The lowest BCUT2D eigenvalue weighted by Crippen LogP contribution is -2.10. The van der Waals surface area contributed by atoms with Gasteiger partial charge < -0.3 is 0 Å². The Balaban J connectivity index is 2.18. The Hall–Kier alpha value is -2.08. The first kappa shape index (κ1) is 10.1. The summed E-state index contributed by atoms with van der Waals surface area (Å²) in [7, 11) is 0. The van der Waals surface area contributed by atoms with Gasteiger partial charge in [0.15, 0.2) is 5.69 Å². The van der Waals surface area contributed by atoms with Gasteiger partial charge in [-0.05, 0) is 30.3 Å². The van der Waals surface area contributed by atoms with Gasteiger partial charge in [-0.25, -0.2) is 0 Å². The van der Waals surface area contributed by atoms with Gasteiger partial charge >= 0.3 is 0 Å². The minimum atomic E-state index is 0.445. The molecule has 0 atom stereocenters. The topological polar surface area (TPSA) is 69.4 Å². The predicted molar refractivity (Wildman–Crippen MR) is 61.1 cm³/mol. The van der Waals surface area contributed by atoms with Crippen LogP contribution in [0, 0.1) is 6.92 Å². The van der Waals surface area contributed by atoms with Gasteiger partial charge in [0.05, 0.1) is 11.4 Å². The van der Waals surface area contributed by atoms with Crippen LogP contribution >= 0.6 is 11.6 Å². The predicted octanol–water partition coefficient (Wildman–Crippen LogP) is 1.52. The van der Waals surface area contributed by atoms with E-state index in [4.69, 9.17) is 11.6 Å². The largest absolute Gasteiger partial charge is 0.227 e. The quantitative estimate of drug-likeness (QED) is 0.651. The molecule has 0 N–H and O–H groups in total. The Morgan fingerprint density at radius 3 is 2.88 bits per heavy atom. The molecule has 17 heavy (non-hydrogen) atoms. The number of nitrogens with zero attached hydrogens (tertiary/aromatic N) is 6. The monoisotopic (exact) mass is 246 g/mol. The molecule has 0 unspecified atom stereocenters. The van der Waals surface area contributed by atoms with E-state index in [1.165, 1.54) is 4.80 Å². The highest BCUT2D eigenvalue weighted by molar-refractivity contribution is 6.30. The number of hydrogen-bond donors (Lipinski definition) is 0. The van der Waals surface area contributed by atoms with E-state index in [1.807, 2.05) is 19.1 Å². The van der Waals surface area contributed by atoms with Crippen molar-refractivity contribution in [2.45, 2.75) is 6.92 Å². The summed E-state index contributed by atoms with van der Waals surface area (Å²) < 4.78 is 0. The van der Waals surface area contributed by atoms with Gasteiger partial charge in [-0.2, -0.15) is 5.10 Å². The van der Waals surface area contributed by atoms with Crippen molar-refractivity contribution in [3.05, 3.63) is 35.0 Å². The fourth-order valence-corrected chi connectivity index (χ4v) is 1.66. The van der Waals surface area contributed by atoms with E-state index in [9.17, 15) is 0 Å². The van der Waals surface area contributed by atoms with Crippen LogP contribution in [0.15, 0.2) is 24.3 Å². The van der Waals surface area contributed by atoms with Crippen LogP contribution in [0.5, 0.6) is 0 Å². The number of aryl methyl sites for hydroxylation is 1. The van der Waals surface area contributed by atoms with Crippen LogP contribution in [-0.2, 0) is 0 Å². The molecule has 0 amide bonds. The number of hydrogen-bond acceptors (Lipinski definition) is 5. The average molecular weight is 247 g/mol. The minimum Gasteiger partial charge on any atom is -0.151 e. The molecule has 3 rings (SSSR count). The van der Waals surface area contributed by atoms with Crippen molar-refractivity contribution in [1.29, 1.82) is 0 Å².